The van der Waals surface area contributed by atoms with Crippen LogP contribution in [0.5, 0.6) is 0 Å². The van der Waals surface area contributed by atoms with Crippen molar-refractivity contribution in [2.45, 2.75) is 30.4 Å². The van der Waals surface area contributed by atoms with Gasteiger partial charge in [0.1, 0.15) is 29.1 Å². The van der Waals surface area contributed by atoms with Gasteiger partial charge >= 0.3 is 6.09 Å². The highest BCUT2D eigenvalue weighted by Crippen LogP contribution is 2.46. The van der Waals surface area contributed by atoms with Crippen molar-refractivity contribution in [2.24, 2.45) is 0 Å². The third-order valence-corrected chi connectivity index (χ3v) is 6.05. The predicted octanol–water partition coefficient (Wildman–Crippen LogP) is 2.94. The quantitative estimate of drug-likeness (QED) is 0.369. The molecule has 1 saturated carbocycles. The number of benzene rings is 2. The molecule has 2 aromatic carbocycles. The molecule has 1 heterocycles. The first-order chi connectivity index (χ1) is 15.8. The smallest absolute Gasteiger partial charge is 0.408 e. The summed E-state index contributed by atoms with van der Waals surface area (Å²) >= 11 is 0. The molecule has 7 nitrogen and oxygen atoms in total. The van der Waals surface area contributed by atoms with Crippen LogP contribution in [-0.2, 0) is 4.74 Å². The Kier molecular flexibility index (Phi) is 6.33. The second-order valence-electron chi connectivity index (χ2n) is 8.31. The highest BCUT2D eigenvalue weighted by Gasteiger charge is 2.38. The molecule has 0 atom stereocenters. The normalized spacial score (nSPS) is 18.2. The molecule has 33 heavy (non-hydrogen) atoms. The van der Waals surface area contributed by atoms with E-state index < -0.39 is 55.0 Å². The van der Waals surface area contributed by atoms with E-state index in [1.165, 1.54) is 30.3 Å². The molecule has 1 aliphatic rings. The molecule has 4 rings (SSSR count). The Hall–Kier alpha value is -3.08. The number of fused-ring (bicyclic) bond motifs is 1. The van der Waals surface area contributed by atoms with Gasteiger partial charge in [0.15, 0.2) is 0 Å². The molecular formula is C23H23F3N2O5. The van der Waals surface area contributed by atoms with Gasteiger partial charge in [-0.3, -0.25) is 0 Å². The number of hydrogen-bond donors (Lipinski definition) is 5. The van der Waals surface area contributed by atoms with E-state index in [0.717, 1.165) is 6.07 Å². The van der Waals surface area contributed by atoms with Crippen LogP contribution in [0, 0.1) is 17.5 Å². The van der Waals surface area contributed by atoms with Gasteiger partial charge in [-0.15, -0.1) is 0 Å². The van der Waals surface area contributed by atoms with Gasteiger partial charge in [0.2, 0.25) is 0 Å². The largest absolute Gasteiger partial charge is 0.446 e. The number of amides is 1. The molecule has 0 saturated heterocycles. The molecule has 10 heteroatoms. The summed E-state index contributed by atoms with van der Waals surface area (Å²) in [7, 11) is 0. The van der Waals surface area contributed by atoms with E-state index in [0.29, 0.717) is 35.0 Å². The van der Waals surface area contributed by atoms with E-state index in [4.69, 9.17) is 4.74 Å². The number of carbonyl (C=O) groups excluding carboxylic acids is 1. The van der Waals surface area contributed by atoms with Crippen LogP contribution in [0.4, 0.5) is 18.0 Å². The predicted molar refractivity (Wildman–Crippen MR) is 113 cm³/mol. The molecular weight excluding hydrogens is 441 g/mol. The average Bonchev–Trinajstić information content (AvgIpc) is 3.14. The van der Waals surface area contributed by atoms with Crippen LogP contribution in [0.1, 0.15) is 24.3 Å². The fourth-order valence-corrected chi connectivity index (χ4v) is 4.07. The number of aromatic nitrogens is 1. The monoisotopic (exact) mass is 464 g/mol. The molecule has 3 aromatic rings. The zero-order valence-electron chi connectivity index (χ0n) is 17.4. The first kappa shape index (κ1) is 23.1. The number of hydrogen-bond acceptors (Lipinski definition) is 5. The lowest BCUT2D eigenvalue weighted by molar-refractivity contribution is 0.00848. The Morgan fingerprint density at radius 1 is 1.03 bits per heavy atom. The summed E-state index contributed by atoms with van der Waals surface area (Å²) < 4.78 is 47.1. The first-order valence-corrected chi connectivity index (χ1v) is 10.4. The number of alkyl carbamates (subject to hydrolysis) is 1. The van der Waals surface area contributed by atoms with Gasteiger partial charge in [-0.25, -0.2) is 18.0 Å². The van der Waals surface area contributed by atoms with Gasteiger partial charge in [-0.2, -0.15) is 0 Å². The van der Waals surface area contributed by atoms with Crippen LogP contribution in [0.3, 0.4) is 0 Å². The Labute approximate surface area is 186 Å². The van der Waals surface area contributed by atoms with Crippen molar-refractivity contribution >= 4 is 17.0 Å². The Morgan fingerprint density at radius 2 is 1.67 bits per heavy atom. The summed E-state index contributed by atoms with van der Waals surface area (Å²) in [6.07, 6.45) is -0.715. The molecule has 1 amide bonds. The van der Waals surface area contributed by atoms with E-state index in [2.05, 4.69) is 10.3 Å². The molecule has 0 radical (unpaired) electrons. The van der Waals surface area contributed by atoms with E-state index in [1.54, 1.807) is 0 Å². The van der Waals surface area contributed by atoms with Crippen LogP contribution in [0.2, 0.25) is 0 Å². The minimum atomic E-state index is -1.61. The van der Waals surface area contributed by atoms with Gasteiger partial charge in [-0.05, 0) is 60.2 Å². The minimum absolute atomic E-state index is 0.131. The molecule has 1 aliphatic carbocycles. The van der Waals surface area contributed by atoms with Crippen LogP contribution < -0.4 is 5.32 Å². The maximum Gasteiger partial charge on any atom is 0.408 e. The highest BCUT2D eigenvalue weighted by atomic mass is 19.1. The number of aromatic amines is 1. The molecule has 1 fully saturated rings. The first-order valence-electron chi connectivity index (χ1n) is 10.4. The van der Waals surface area contributed by atoms with Crippen molar-refractivity contribution < 1.29 is 38.0 Å². The van der Waals surface area contributed by atoms with E-state index in [-0.39, 0.29) is 11.4 Å². The molecule has 1 aromatic heterocycles. The topological polar surface area (TPSA) is 115 Å². The Morgan fingerprint density at radius 3 is 2.27 bits per heavy atom. The van der Waals surface area contributed by atoms with Crippen LogP contribution in [0.15, 0.2) is 36.4 Å². The van der Waals surface area contributed by atoms with Crippen molar-refractivity contribution in [2.75, 3.05) is 19.8 Å². The molecule has 5 N–H and O–H groups in total. The van der Waals surface area contributed by atoms with Gasteiger partial charge in [0.25, 0.3) is 0 Å². The van der Waals surface area contributed by atoms with Crippen LogP contribution in [-0.4, -0.2) is 57.9 Å². The summed E-state index contributed by atoms with van der Waals surface area (Å²) in [5.41, 5.74) is 0.296. The second-order valence-corrected chi connectivity index (χ2v) is 8.31. The number of aliphatic hydroxyl groups is 3. The lowest BCUT2D eigenvalue weighted by Gasteiger charge is -2.36. The Balaban J connectivity index is 1.57. The third kappa shape index (κ3) is 4.41. The fraction of sp³-hybridized carbons (Fsp3) is 0.348. The standard InChI is InChI=1S/C23H23F3N2O5/c24-14-3-1-12(2-4-14)20-19(17-7-15(25)8-18(26)21(17)27-20)13-5-16(6-13)33-22(32)28-23(9-29,10-30)11-31/h1-4,7-8,13,16,27,29-31H,5-6,9-11H2,(H,28,32)/t13-,16-. The summed E-state index contributed by atoms with van der Waals surface area (Å²) in [6.45, 7) is -2.05. The number of rotatable bonds is 7. The average molecular weight is 464 g/mol. The summed E-state index contributed by atoms with van der Waals surface area (Å²) in [5.74, 6) is -2.11. The molecule has 0 bridgehead atoms. The minimum Gasteiger partial charge on any atom is -0.446 e. The van der Waals surface area contributed by atoms with Gasteiger partial charge in [0, 0.05) is 11.5 Å². The zero-order valence-corrected chi connectivity index (χ0v) is 17.4. The highest BCUT2D eigenvalue weighted by molar-refractivity contribution is 5.92. The van der Waals surface area contributed by atoms with E-state index in [9.17, 15) is 33.3 Å². The van der Waals surface area contributed by atoms with Crippen molar-refractivity contribution in [1.29, 1.82) is 0 Å². The number of aliphatic hydroxyl groups excluding tert-OH is 3. The number of nitrogens with one attached hydrogen (secondary N) is 2. The molecule has 0 spiro atoms. The third-order valence-electron chi connectivity index (χ3n) is 6.05. The second kappa shape index (κ2) is 9.05. The summed E-state index contributed by atoms with van der Waals surface area (Å²) in [5, 5.41) is 30.6. The number of H-pyrrole nitrogens is 1. The summed E-state index contributed by atoms with van der Waals surface area (Å²) in [6, 6.07) is 7.63. The molecule has 0 unspecified atom stereocenters. The van der Waals surface area contributed by atoms with Gasteiger partial charge in [-0.1, -0.05) is 0 Å². The molecule has 176 valence electrons. The van der Waals surface area contributed by atoms with Crippen LogP contribution >= 0.6 is 0 Å². The van der Waals surface area contributed by atoms with Crippen molar-refractivity contribution in [3.63, 3.8) is 0 Å². The zero-order chi connectivity index (χ0) is 23.8. The maximum absolute atomic E-state index is 14.4. The summed E-state index contributed by atoms with van der Waals surface area (Å²) in [4.78, 5) is 15.1. The van der Waals surface area contributed by atoms with E-state index in [1.807, 2.05) is 0 Å². The van der Waals surface area contributed by atoms with Crippen molar-refractivity contribution in [3.8, 4) is 11.3 Å². The maximum atomic E-state index is 14.4. The van der Waals surface area contributed by atoms with Crippen LogP contribution in [0.25, 0.3) is 22.2 Å². The van der Waals surface area contributed by atoms with Crippen molar-refractivity contribution in [1.82, 2.24) is 10.3 Å². The lowest BCUT2D eigenvalue weighted by atomic mass is 9.75. The van der Waals surface area contributed by atoms with Gasteiger partial charge in [0.05, 0.1) is 31.0 Å². The lowest BCUT2D eigenvalue weighted by Crippen LogP contribution is -2.57. The van der Waals surface area contributed by atoms with E-state index >= 15 is 0 Å². The number of ether oxygens (including phenoxy) is 1. The fourth-order valence-electron chi connectivity index (χ4n) is 4.07. The molecule has 0 aliphatic heterocycles. The Bertz CT molecular complexity index is 1150. The SMILES string of the molecule is O=C(NC(CO)(CO)CO)O[C@H]1C[C@H](c2c(-c3ccc(F)cc3)[nH]c3c(F)cc(F)cc32)C1. The van der Waals surface area contributed by atoms with Crippen molar-refractivity contribution in [3.05, 3.63) is 59.4 Å². The van der Waals surface area contributed by atoms with Gasteiger partial charge < -0.3 is 30.4 Å². The number of halogens is 3. The number of carbonyl (C=O) groups is 1.